The number of carbonyl (C=O) groups excluding carboxylic acids is 1. The fourth-order valence-corrected chi connectivity index (χ4v) is 3.66. The molecule has 6 heteroatoms. The number of thioether (sulfide) groups is 1. The Hall–Kier alpha value is -2.05. The molecular formula is C18H19FN2O2S. The van der Waals surface area contributed by atoms with Crippen molar-refractivity contribution in [3.8, 4) is 0 Å². The van der Waals surface area contributed by atoms with Crippen LogP contribution in [-0.4, -0.2) is 24.9 Å². The van der Waals surface area contributed by atoms with E-state index >= 15 is 0 Å². The SMILES string of the molecule is O=C(Nc1ccc(C2CNCCS2)c(F)c1)OCc1ccccc1. The number of hydrogen-bond acceptors (Lipinski definition) is 4. The Morgan fingerprint density at radius 3 is 2.83 bits per heavy atom. The molecule has 4 nitrogen and oxygen atoms in total. The van der Waals surface area contributed by atoms with Crippen LogP contribution in [0.4, 0.5) is 14.9 Å². The van der Waals surface area contributed by atoms with Gasteiger partial charge in [-0.25, -0.2) is 9.18 Å². The highest BCUT2D eigenvalue weighted by Crippen LogP contribution is 2.32. The summed E-state index contributed by atoms with van der Waals surface area (Å²) in [4.78, 5) is 11.8. The van der Waals surface area contributed by atoms with Crippen LogP contribution in [0.15, 0.2) is 48.5 Å². The third-order valence-electron chi connectivity index (χ3n) is 3.73. The second-order valence-electron chi connectivity index (χ2n) is 5.49. The van der Waals surface area contributed by atoms with E-state index < -0.39 is 6.09 Å². The smallest absolute Gasteiger partial charge is 0.411 e. The number of amides is 1. The van der Waals surface area contributed by atoms with Crippen molar-refractivity contribution in [2.45, 2.75) is 11.9 Å². The predicted octanol–water partition coefficient (Wildman–Crippen LogP) is 3.95. The molecule has 0 radical (unpaired) electrons. The molecular weight excluding hydrogens is 327 g/mol. The van der Waals surface area contributed by atoms with Crippen LogP contribution in [0, 0.1) is 5.82 Å². The van der Waals surface area contributed by atoms with Crippen LogP contribution < -0.4 is 10.6 Å². The van der Waals surface area contributed by atoms with Gasteiger partial charge in [0.15, 0.2) is 0 Å². The van der Waals surface area contributed by atoms with Gasteiger partial charge >= 0.3 is 6.09 Å². The zero-order valence-corrected chi connectivity index (χ0v) is 13.9. The van der Waals surface area contributed by atoms with Crippen LogP contribution in [0.25, 0.3) is 0 Å². The first-order valence-electron chi connectivity index (χ1n) is 7.82. The summed E-state index contributed by atoms with van der Waals surface area (Å²) in [6.07, 6.45) is -0.597. The minimum Gasteiger partial charge on any atom is -0.444 e. The Bertz CT molecular complexity index is 691. The van der Waals surface area contributed by atoms with Gasteiger partial charge in [0, 0.05) is 35.3 Å². The summed E-state index contributed by atoms with van der Waals surface area (Å²) >= 11 is 1.74. The predicted molar refractivity (Wildman–Crippen MR) is 94.7 cm³/mol. The van der Waals surface area contributed by atoms with E-state index in [1.165, 1.54) is 6.07 Å². The number of anilines is 1. The maximum Gasteiger partial charge on any atom is 0.411 e. The molecule has 2 aromatic carbocycles. The quantitative estimate of drug-likeness (QED) is 0.880. The number of halogens is 1. The molecule has 0 saturated carbocycles. The summed E-state index contributed by atoms with van der Waals surface area (Å²) in [5, 5.41) is 5.93. The summed E-state index contributed by atoms with van der Waals surface area (Å²) in [6.45, 7) is 1.89. The Morgan fingerprint density at radius 1 is 1.29 bits per heavy atom. The molecule has 2 N–H and O–H groups in total. The van der Waals surface area contributed by atoms with Crippen molar-refractivity contribution in [3.05, 3.63) is 65.5 Å². The van der Waals surface area contributed by atoms with Crippen LogP contribution in [0.5, 0.6) is 0 Å². The first-order valence-corrected chi connectivity index (χ1v) is 8.87. The van der Waals surface area contributed by atoms with Gasteiger partial charge in [-0.15, -0.1) is 0 Å². The first-order chi connectivity index (χ1) is 11.7. The van der Waals surface area contributed by atoms with Gasteiger partial charge in [0.25, 0.3) is 0 Å². The molecule has 1 heterocycles. The van der Waals surface area contributed by atoms with E-state index in [9.17, 15) is 9.18 Å². The molecule has 126 valence electrons. The van der Waals surface area contributed by atoms with Crippen molar-refractivity contribution in [2.75, 3.05) is 24.2 Å². The van der Waals surface area contributed by atoms with Crippen LogP contribution in [0.2, 0.25) is 0 Å². The van der Waals surface area contributed by atoms with Gasteiger partial charge in [0.05, 0.1) is 0 Å². The lowest BCUT2D eigenvalue weighted by Crippen LogP contribution is -2.28. The average molecular weight is 346 g/mol. The van der Waals surface area contributed by atoms with Gasteiger partial charge in [-0.1, -0.05) is 36.4 Å². The molecule has 1 atom stereocenters. The van der Waals surface area contributed by atoms with Gasteiger partial charge in [-0.05, 0) is 17.7 Å². The second kappa shape index (κ2) is 8.17. The normalized spacial score (nSPS) is 17.3. The van der Waals surface area contributed by atoms with E-state index in [0.717, 1.165) is 24.4 Å². The summed E-state index contributed by atoms with van der Waals surface area (Å²) in [6, 6.07) is 14.2. The summed E-state index contributed by atoms with van der Waals surface area (Å²) in [7, 11) is 0. The van der Waals surface area contributed by atoms with Crippen LogP contribution in [-0.2, 0) is 11.3 Å². The monoisotopic (exact) mass is 346 g/mol. The summed E-state index contributed by atoms with van der Waals surface area (Å²) in [5.41, 5.74) is 1.95. The minimum atomic E-state index is -0.597. The van der Waals surface area contributed by atoms with E-state index in [-0.39, 0.29) is 17.7 Å². The number of hydrogen-bond donors (Lipinski definition) is 2. The number of ether oxygens (including phenoxy) is 1. The summed E-state index contributed by atoms with van der Waals surface area (Å²) in [5.74, 6) is 0.660. The average Bonchev–Trinajstić information content (AvgIpc) is 2.62. The molecule has 1 saturated heterocycles. The third-order valence-corrected chi connectivity index (χ3v) is 5.00. The van der Waals surface area contributed by atoms with Gasteiger partial charge in [-0.3, -0.25) is 5.32 Å². The highest BCUT2D eigenvalue weighted by Gasteiger charge is 2.19. The minimum absolute atomic E-state index is 0.109. The highest BCUT2D eigenvalue weighted by molar-refractivity contribution is 7.99. The van der Waals surface area contributed by atoms with Crippen LogP contribution in [0.3, 0.4) is 0 Å². The number of benzene rings is 2. The fourth-order valence-electron chi connectivity index (χ4n) is 2.51. The Morgan fingerprint density at radius 2 is 2.12 bits per heavy atom. The van der Waals surface area contributed by atoms with Crippen molar-refractivity contribution in [3.63, 3.8) is 0 Å². The number of rotatable bonds is 4. The number of nitrogens with one attached hydrogen (secondary N) is 2. The first kappa shape index (κ1) is 16.8. The Kier molecular flexibility index (Phi) is 5.72. The number of carbonyl (C=O) groups is 1. The lowest BCUT2D eigenvalue weighted by atomic mass is 10.1. The molecule has 1 amide bonds. The molecule has 0 spiro atoms. The Balaban J connectivity index is 1.57. The summed E-state index contributed by atoms with van der Waals surface area (Å²) < 4.78 is 19.4. The standard InChI is InChI=1S/C18H19FN2O2S/c19-16-10-14(6-7-15(16)17-11-20-8-9-24-17)21-18(22)23-12-13-4-2-1-3-5-13/h1-7,10,17,20H,8-9,11-12H2,(H,21,22). The van der Waals surface area contributed by atoms with Gasteiger partial charge in [0.1, 0.15) is 12.4 Å². The van der Waals surface area contributed by atoms with Gasteiger partial charge in [0.2, 0.25) is 0 Å². The fraction of sp³-hybridized carbons (Fsp3) is 0.278. The third kappa shape index (κ3) is 4.49. The molecule has 3 rings (SSSR count). The highest BCUT2D eigenvalue weighted by atomic mass is 32.2. The van der Waals surface area contributed by atoms with Gasteiger partial charge < -0.3 is 10.1 Å². The Labute approximate surface area is 144 Å². The van der Waals surface area contributed by atoms with Crippen LogP contribution >= 0.6 is 11.8 Å². The molecule has 2 aromatic rings. The zero-order valence-electron chi connectivity index (χ0n) is 13.1. The van der Waals surface area contributed by atoms with E-state index in [2.05, 4.69) is 10.6 Å². The van der Waals surface area contributed by atoms with E-state index in [4.69, 9.17) is 4.74 Å². The van der Waals surface area contributed by atoms with Crippen molar-refractivity contribution in [1.82, 2.24) is 5.32 Å². The molecule has 24 heavy (non-hydrogen) atoms. The van der Waals surface area contributed by atoms with Gasteiger partial charge in [-0.2, -0.15) is 11.8 Å². The van der Waals surface area contributed by atoms with Crippen molar-refractivity contribution in [1.29, 1.82) is 0 Å². The molecule has 0 aromatic heterocycles. The van der Waals surface area contributed by atoms with Crippen molar-refractivity contribution < 1.29 is 13.9 Å². The van der Waals surface area contributed by atoms with Crippen molar-refractivity contribution in [2.24, 2.45) is 0 Å². The van der Waals surface area contributed by atoms with Crippen LogP contribution in [0.1, 0.15) is 16.4 Å². The topological polar surface area (TPSA) is 50.4 Å². The lowest BCUT2D eigenvalue weighted by molar-refractivity contribution is 0.155. The molecule has 0 bridgehead atoms. The van der Waals surface area contributed by atoms with E-state index in [1.807, 2.05) is 30.3 Å². The van der Waals surface area contributed by atoms with Crippen molar-refractivity contribution >= 4 is 23.5 Å². The molecule has 1 aliphatic heterocycles. The van der Waals surface area contributed by atoms with E-state index in [1.54, 1.807) is 23.9 Å². The second-order valence-corrected chi connectivity index (χ2v) is 6.80. The molecule has 1 fully saturated rings. The van der Waals surface area contributed by atoms with E-state index in [0.29, 0.717) is 11.3 Å². The molecule has 1 aliphatic rings. The lowest BCUT2D eigenvalue weighted by Gasteiger charge is -2.23. The largest absolute Gasteiger partial charge is 0.444 e. The zero-order chi connectivity index (χ0) is 16.8. The maximum absolute atomic E-state index is 14.3. The molecule has 1 unspecified atom stereocenters. The molecule has 0 aliphatic carbocycles. The maximum atomic E-state index is 14.3.